The Balaban J connectivity index is 1.98. The highest BCUT2D eigenvalue weighted by molar-refractivity contribution is 9.10. The van der Waals surface area contributed by atoms with Crippen molar-refractivity contribution >= 4 is 21.7 Å². The maximum Gasteiger partial charge on any atom is 0.146 e. The SMILES string of the molecule is COCCNCC1CCCCN1c1ncncc1Br. The normalized spacial score (nSPS) is 19.7. The number of methoxy groups -OCH3 is 1. The number of rotatable bonds is 6. The van der Waals surface area contributed by atoms with Crippen LogP contribution in [0.1, 0.15) is 19.3 Å². The van der Waals surface area contributed by atoms with Crippen LogP contribution in [-0.4, -0.2) is 49.4 Å². The number of anilines is 1. The quantitative estimate of drug-likeness (QED) is 0.807. The predicted molar refractivity (Wildman–Crippen MR) is 79.5 cm³/mol. The number of nitrogens with one attached hydrogen (secondary N) is 1. The molecular formula is C13H21BrN4O. The van der Waals surface area contributed by atoms with Gasteiger partial charge in [-0.15, -0.1) is 0 Å². The number of hydrogen-bond donors (Lipinski definition) is 1. The summed E-state index contributed by atoms with van der Waals surface area (Å²) in [4.78, 5) is 10.8. The maximum atomic E-state index is 5.06. The van der Waals surface area contributed by atoms with E-state index >= 15 is 0 Å². The molecule has 1 atom stereocenters. The molecule has 6 heteroatoms. The molecule has 1 unspecified atom stereocenters. The summed E-state index contributed by atoms with van der Waals surface area (Å²) in [7, 11) is 1.73. The molecule has 0 saturated carbocycles. The summed E-state index contributed by atoms with van der Waals surface area (Å²) < 4.78 is 6.03. The summed E-state index contributed by atoms with van der Waals surface area (Å²) in [6, 6.07) is 0.497. The smallest absolute Gasteiger partial charge is 0.146 e. The molecule has 0 aliphatic carbocycles. The summed E-state index contributed by atoms with van der Waals surface area (Å²) in [6.07, 6.45) is 7.15. The molecule has 0 bridgehead atoms. The van der Waals surface area contributed by atoms with Crippen molar-refractivity contribution in [3.05, 3.63) is 17.0 Å². The monoisotopic (exact) mass is 328 g/mol. The largest absolute Gasteiger partial charge is 0.383 e. The molecule has 1 N–H and O–H groups in total. The zero-order valence-corrected chi connectivity index (χ0v) is 12.9. The van der Waals surface area contributed by atoms with E-state index in [0.29, 0.717) is 6.04 Å². The van der Waals surface area contributed by atoms with Gasteiger partial charge in [0.2, 0.25) is 0 Å². The lowest BCUT2D eigenvalue weighted by Crippen LogP contribution is -2.46. The van der Waals surface area contributed by atoms with Crippen LogP contribution in [0.3, 0.4) is 0 Å². The molecule has 19 heavy (non-hydrogen) atoms. The van der Waals surface area contributed by atoms with Gasteiger partial charge in [-0.25, -0.2) is 9.97 Å². The van der Waals surface area contributed by atoms with Gasteiger partial charge in [0.1, 0.15) is 12.1 Å². The fourth-order valence-corrected chi connectivity index (χ4v) is 2.90. The Kier molecular flexibility index (Phi) is 6.00. The van der Waals surface area contributed by atoms with Gasteiger partial charge in [-0.2, -0.15) is 0 Å². The molecule has 106 valence electrons. The molecule has 2 heterocycles. The Labute approximate surface area is 122 Å². The van der Waals surface area contributed by atoms with Crippen LogP contribution in [0.15, 0.2) is 17.0 Å². The van der Waals surface area contributed by atoms with Gasteiger partial charge in [-0.3, -0.25) is 0 Å². The summed E-state index contributed by atoms with van der Waals surface area (Å²) in [5, 5.41) is 3.45. The van der Waals surface area contributed by atoms with Gasteiger partial charge in [-0.05, 0) is 35.2 Å². The lowest BCUT2D eigenvalue weighted by molar-refractivity contribution is 0.198. The van der Waals surface area contributed by atoms with Gasteiger partial charge < -0.3 is 15.0 Å². The Morgan fingerprint density at radius 1 is 1.53 bits per heavy atom. The first-order valence-corrected chi connectivity index (χ1v) is 7.54. The van der Waals surface area contributed by atoms with E-state index in [9.17, 15) is 0 Å². The Hall–Kier alpha value is -0.720. The Morgan fingerprint density at radius 2 is 2.42 bits per heavy atom. The van der Waals surface area contributed by atoms with Crippen LogP contribution in [0, 0.1) is 0 Å². The zero-order valence-electron chi connectivity index (χ0n) is 11.3. The lowest BCUT2D eigenvalue weighted by Gasteiger charge is -2.37. The van der Waals surface area contributed by atoms with Crippen molar-refractivity contribution in [3.8, 4) is 0 Å². The number of nitrogens with zero attached hydrogens (tertiary/aromatic N) is 3. The van der Waals surface area contributed by atoms with Crippen molar-refractivity contribution in [2.75, 3.05) is 38.3 Å². The molecule has 5 nitrogen and oxygen atoms in total. The standard InChI is InChI=1S/C13H21BrN4O/c1-19-7-5-15-8-11-4-2-3-6-18(11)13-12(14)9-16-10-17-13/h9-11,15H,2-8H2,1H3. The highest BCUT2D eigenvalue weighted by Crippen LogP contribution is 2.28. The molecule has 1 aliphatic rings. The van der Waals surface area contributed by atoms with Crippen LogP contribution in [0.2, 0.25) is 0 Å². The van der Waals surface area contributed by atoms with Crippen molar-refractivity contribution in [1.82, 2.24) is 15.3 Å². The van der Waals surface area contributed by atoms with Gasteiger partial charge in [0.05, 0.1) is 11.1 Å². The molecule has 0 radical (unpaired) electrons. The average molecular weight is 329 g/mol. The average Bonchev–Trinajstić information content (AvgIpc) is 2.45. The summed E-state index contributed by atoms with van der Waals surface area (Å²) in [5.74, 6) is 1.01. The second kappa shape index (κ2) is 7.77. The van der Waals surface area contributed by atoms with E-state index in [-0.39, 0.29) is 0 Å². The number of piperidine rings is 1. The van der Waals surface area contributed by atoms with Crippen molar-refractivity contribution in [3.63, 3.8) is 0 Å². The third-order valence-corrected chi connectivity index (χ3v) is 3.97. The van der Waals surface area contributed by atoms with Crippen LogP contribution in [0.5, 0.6) is 0 Å². The number of aromatic nitrogens is 2. The predicted octanol–water partition coefficient (Wildman–Crippen LogP) is 1.83. The minimum absolute atomic E-state index is 0.497. The van der Waals surface area contributed by atoms with E-state index in [4.69, 9.17) is 4.74 Å². The van der Waals surface area contributed by atoms with Crippen LogP contribution >= 0.6 is 15.9 Å². The topological polar surface area (TPSA) is 50.3 Å². The van der Waals surface area contributed by atoms with Gasteiger partial charge in [0, 0.05) is 39.0 Å². The second-order valence-electron chi connectivity index (χ2n) is 4.73. The van der Waals surface area contributed by atoms with Crippen molar-refractivity contribution in [2.24, 2.45) is 0 Å². The molecule has 1 aliphatic heterocycles. The highest BCUT2D eigenvalue weighted by atomic mass is 79.9. The summed E-state index contributed by atoms with van der Waals surface area (Å²) >= 11 is 3.55. The Morgan fingerprint density at radius 3 is 3.21 bits per heavy atom. The van der Waals surface area contributed by atoms with E-state index in [0.717, 1.165) is 36.5 Å². The fourth-order valence-electron chi connectivity index (χ4n) is 2.45. The Bertz CT molecular complexity index is 391. The molecule has 0 aromatic carbocycles. The van der Waals surface area contributed by atoms with Gasteiger partial charge in [-0.1, -0.05) is 0 Å². The van der Waals surface area contributed by atoms with E-state index in [1.165, 1.54) is 19.3 Å². The molecule has 0 amide bonds. The van der Waals surface area contributed by atoms with E-state index < -0.39 is 0 Å². The molecule has 2 rings (SSSR count). The molecule has 0 spiro atoms. The first-order valence-electron chi connectivity index (χ1n) is 6.74. The zero-order chi connectivity index (χ0) is 13.5. The van der Waals surface area contributed by atoms with Crippen molar-refractivity contribution in [2.45, 2.75) is 25.3 Å². The van der Waals surface area contributed by atoms with Gasteiger partial charge in [0.25, 0.3) is 0 Å². The highest BCUT2D eigenvalue weighted by Gasteiger charge is 2.24. The minimum Gasteiger partial charge on any atom is -0.383 e. The van der Waals surface area contributed by atoms with Crippen LogP contribution < -0.4 is 10.2 Å². The third-order valence-electron chi connectivity index (χ3n) is 3.41. The number of halogens is 1. The molecule has 1 fully saturated rings. The number of ether oxygens (including phenoxy) is 1. The minimum atomic E-state index is 0.497. The second-order valence-corrected chi connectivity index (χ2v) is 5.59. The van der Waals surface area contributed by atoms with Crippen LogP contribution in [-0.2, 0) is 4.74 Å². The first kappa shape index (κ1) is 14.7. The van der Waals surface area contributed by atoms with Crippen LogP contribution in [0.4, 0.5) is 5.82 Å². The maximum absolute atomic E-state index is 5.06. The van der Waals surface area contributed by atoms with Crippen molar-refractivity contribution < 1.29 is 4.74 Å². The van der Waals surface area contributed by atoms with E-state index in [1.807, 2.05) is 6.20 Å². The first-order chi connectivity index (χ1) is 9.33. The molecule has 1 aromatic heterocycles. The molecule has 1 aromatic rings. The lowest BCUT2D eigenvalue weighted by atomic mass is 10.0. The third kappa shape index (κ3) is 4.12. The summed E-state index contributed by atoms with van der Waals surface area (Å²) in [6.45, 7) is 3.68. The fraction of sp³-hybridized carbons (Fsp3) is 0.692. The van der Waals surface area contributed by atoms with Crippen molar-refractivity contribution in [1.29, 1.82) is 0 Å². The summed E-state index contributed by atoms with van der Waals surface area (Å²) in [5.41, 5.74) is 0. The van der Waals surface area contributed by atoms with E-state index in [1.54, 1.807) is 13.4 Å². The van der Waals surface area contributed by atoms with Gasteiger partial charge in [0.15, 0.2) is 0 Å². The van der Waals surface area contributed by atoms with Gasteiger partial charge >= 0.3 is 0 Å². The number of hydrogen-bond acceptors (Lipinski definition) is 5. The van der Waals surface area contributed by atoms with Crippen LogP contribution in [0.25, 0.3) is 0 Å². The molecule has 1 saturated heterocycles. The van der Waals surface area contributed by atoms with E-state index in [2.05, 4.69) is 36.1 Å². The molecular weight excluding hydrogens is 308 g/mol.